The highest BCUT2D eigenvalue weighted by molar-refractivity contribution is 5.86. The van der Waals surface area contributed by atoms with Crippen LogP contribution in [0.3, 0.4) is 0 Å². The molecular formula is C23H17F3N4O3. The molecular weight excluding hydrogens is 437 g/mol. The monoisotopic (exact) mass is 454 g/mol. The number of oxazole rings is 1. The Balaban J connectivity index is 1.83. The molecule has 0 aliphatic carbocycles. The number of alkyl halides is 3. The minimum absolute atomic E-state index is 0.0176. The zero-order valence-corrected chi connectivity index (χ0v) is 17.7. The summed E-state index contributed by atoms with van der Waals surface area (Å²) in [5, 5.41) is 3.65. The van der Waals surface area contributed by atoms with Crippen LogP contribution < -0.4 is 10.3 Å². The second-order valence-corrected chi connectivity index (χ2v) is 7.56. The van der Waals surface area contributed by atoms with Crippen molar-refractivity contribution in [1.29, 1.82) is 0 Å². The third-order valence-corrected chi connectivity index (χ3v) is 5.44. The van der Waals surface area contributed by atoms with E-state index in [1.165, 1.54) is 19.2 Å². The van der Waals surface area contributed by atoms with Crippen LogP contribution in [0.2, 0.25) is 0 Å². The normalized spacial score (nSPS) is 12.1. The van der Waals surface area contributed by atoms with Crippen LogP contribution >= 0.6 is 0 Å². The van der Waals surface area contributed by atoms with Gasteiger partial charge in [0.2, 0.25) is 5.89 Å². The maximum Gasteiger partial charge on any atom is 0.435 e. The van der Waals surface area contributed by atoms with E-state index in [0.29, 0.717) is 27.1 Å². The number of aryl methyl sites for hydroxylation is 2. The Labute approximate surface area is 184 Å². The van der Waals surface area contributed by atoms with Gasteiger partial charge < -0.3 is 14.1 Å². The molecule has 0 radical (unpaired) electrons. The van der Waals surface area contributed by atoms with Gasteiger partial charge in [0.05, 0.1) is 12.7 Å². The molecule has 0 fully saturated rings. The third kappa shape index (κ3) is 3.17. The molecule has 3 aromatic heterocycles. The van der Waals surface area contributed by atoms with Crippen LogP contribution in [0.1, 0.15) is 17.0 Å². The van der Waals surface area contributed by atoms with Gasteiger partial charge in [-0.1, -0.05) is 36.4 Å². The first-order valence-electron chi connectivity index (χ1n) is 9.93. The summed E-state index contributed by atoms with van der Waals surface area (Å²) in [5.74, 6) is 0.411. The Kier molecular flexibility index (Phi) is 4.55. The maximum absolute atomic E-state index is 13.9. The quantitative estimate of drug-likeness (QED) is 0.408. The average molecular weight is 454 g/mol. The molecule has 33 heavy (non-hydrogen) atoms. The summed E-state index contributed by atoms with van der Waals surface area (Å²) >= 11 is 0. The van der Waals surface area contributed by atoms with E-state index < -0.39 is 17.4 Å². The summed E-state index contributed by atoms with van der Waals surface area (Å²) in [5.41, 5.74) is -0.0512. The fourth-order valence-corrected chi connectivity index (χ4v) is 3.90. The van der Waals surface area contributed by atoms with E-state index in [1.54, 1.807) is 37.3 Å². The zero-order chi connectivity index (χ0) is 23.5. The van der Waals surface area contributed by atoms with Gasteiger partial charge in [0, 0.05) is 5.69 Å². The van der Waals surface area contributed by atoms with Gasteiger partial charge >= 0.3 is 6.18 Å². The molecule has 0 amide bonds. The van der Waals surface area contributed by atoms with Gasteiger partial charge in [0.1, 0.15) is 17.0 Å². The van der Waals surface area contributed by atoms with Crippen LogP contribution in [0.25, 0.3) is 39.3 Å². The topological polar surface area (TPSA) is 85.4 Å². The molecule has 0 saturated heterocycles. The predicted octanol–water partition coefficient (Wildman–Crippen LogP) is 5.14. The predicted molar refractivity (Wildman–Crippen MR) is 115 cm³/mol. The summed E-state index contributed by atoms with van der Waals surface area (Å²) in [6.07, 6.45) is -4.77. The van der Waals surface area contributed by atoms with Crippen molar-refractivity contribution in [2.75, 3.05) is 7.11 Å². The van der Waals surface area contributed by atoms with Gasteiger partial charge in [-0.25, -0.2) is 4.98 Å². The highest BCUT2D eigenvalue weighted by Crippen LogP contribution is 2.39. The van der Waals surface area contributed by atoms with Crippen molar-refractivity contribution in [2.24, 2.45) is 0 Å². The van der Waals surface area contributed by atoms with Crippen molar-refractivity contribution in [3.8, 4) is 28.3 Å². The van der Waals surface area contributed by atoms with Gasteiger partial charge in [-0.05, 0) is 31.0 Å². The zero-order valence-electron chi connectivity index (χ0n) is 17.7. The van der Waals surface area contributed by atoms with Crippen molar-refractivity contribution in [3.63, 3.8) is 0 Å². The van der Waals surface area contributed by atoms with Crippen LogP contribution in [-0.2, 0) is 6.18 Å². The lowest BCUT2D eigenvalue weighted by Crippen LogP contribution is -2.20. The van der Waals surface area contributed by atoms with Crippen LogP contribution in [0.5, 0.6) is 5.75 Å². The maximum atomic E-state index is 13.9. The third-order valence-electron chi connectivity index (χ3n) is 5.44. The summed E-state index contributed by atoms with van der Waals surface area (Å²) in [7, 11) is 1.48. The smallest absolute Gasteiger partial charge is 0.435 e. The van der Waals surface area contributed by atoms with Crippen LogP contribution in [0.4, 0.5) is 13.2 Å². The lowest BCUT2D eigenvalue weighted by molar-refractivity contribution is -0.140. The number of benzene rings is 2. The molecule has 0 atom stereocenters. The lowest BCUT2D eigenvalue weighted by Gasteiger charge is -2.07. The number of aromatic nitrogens is 4. The van der Waals surface area contributed by atoms with Gasteiger partial charge in [0.25, 0.3) is 5.56 Å². The average Bonchev–Trinajstić information content (AvgIpc) is 3.38. The van der Waals surface area contributed by atoms with Gasteiger partial charge in [0.15, 0.2) is 16.8 Å². The van der Waals surface area contributed by atoms with Crippen molar-refractivity contribution < 1.29 is 22.3 Å². The SMILES string of the molecule is COc1ccc(C)c2oc(-c3c(C)[nH]c4c(-c5ccccc5)c(C(F)(F)F)nn4c3=O)nc12. The molecule has 0 saturated carbocycles. The van der Waals surface area contributed by atoms with Crippen molar-refractivity contribution in [3.05, 3.63) is 69.8 Å². The molecule has 168 valence electrons. The van der Waals surface area contributed by atoms with Crippen LogP contribution in [0, 0.1) is 13.8 Å². The number of methoxy groups -OCH3 is 1. The van der Waals surface area contributed by atoms with E-state index in [2.05, 4.69) is 15.1 Å². The van der Waals surface area contributed by atoms with Crippen LogP contribution in [-0.4, -0.2) is 26.7 Å². The Morgan fingerprint density at radius 2 is 1.79 bits per heavy atom. The number of halogens is 3. The minimum atomic E-state index is -4.77. The van der Waals surface area contributed by atoms with Gasteiger partial charge in [-0.15, -0.1) is 0 Å². The Hall–Kier alpha value is -4.08. The molecule has 5 aromatic rings. The van der Waals surface area contributed by atoms with E-state index >= 15 is 0 Å². The van der Waals surface area contributed by atoms with E-state index in [-0.39, 0.29) is 28.2 Å². The van der Waals surface area contributed by atoms with Crippen molar-refractivity contribution >= 4 is 16.7 Å². The largest absolute Gasteiger partial charge is 0.494 e. The highest BCUT2D eigenvalue weighted by atomic mass is 19.4. The number of aromatic amines is 1. The first kappa shape index (κ1) is 20.8. The van der Waals surface area contributed by atoms with Gasteiger partial charge in [-0.2, -0.15) is 22.8 Å². The van der Waals surface area contributed by atoms with Crippen molar-refractivity contribution in [1.82, 2.24) is 19.6 Å². The number of hydrogen-bond donors (Lipinski definition) is 1. The Bertz CT molecular complexity index is 1580. The molecule has 0 aliphatic heterocycles. The fraction of sp³-hybridized carbons (Fsp3) is 0.174. The fourth-order valence-electron chi connectivity index (χ4n) is 3.90. The summed E-state index contributed by atoms with van der Waals surface area (Å²) in [6.45, 7) is 3.39. The second kappa shape index (κ2) is 7.22. The molecule has 0 bridgehead atoms. The number of fused-ring (bicyclic) bond motifs is 2. The molecule has 1 N–H and O–H groups in total. The number of nitrogens with one attached hydrogen (secondary N) is 1. The van der Waals surface area contributed by atoms with Gasteiger partial charge in [-0.3, -0.25) is 4.79 Å². The molecule has 0 unspecified atom stereocenters. The summed E-state index contributed by atoms with van der Waals surface area (Å²) < 4.78 is 53.5. The number of nitrogens with zero attached hydrogens (tertiary/aromatic N) is 3. The van der Waals surface area contributed by atoms with E-state index in [1.807, 2.05) is 6.92 Å². The number of rotatable bonds is 3. The first-order chi connectivity index (χ1) is 15.7. The van der Waals surface area contributed by atoms with E-state index in [4.69, 9.17) is 9.15 Å². The molecule has 10 heteroatoms. The Morgan fingerprint density at radius 1 is 1.06 bits per heavy atom. The van der Waals surface area contributed by atoms with Crippen LogP contribution in [0.15, 0.2) is 51.7 Å². The Morgan fingerprint density at radius 3 is 2.45 bits per heavy atom. The molecule has 3 heterocycles. The number of ether oxygens (including phenoxy) is 1. The molecule has 5 rings (SSSR count). The van der Waals surface area contributed by atoms with Crippen molar-refractivity contribution in [2.45, 2.75) is 20.0 Å². The van der Waals surface area contributed by atoms with E-state index in [0.717, 1.165) is 5.56 Å². The first-order valence-corrected chi connectivity index (χ1v) is 9.93. The highest BCUT2D eigenvalue weighted by Gasteiger charge is 2.39. The molecule has 0 spiro atoms. The molecule has 7 nitrogen and oxygen atoms in total. The summed E-state index contributed by atoms with van der Waals surface area (Å²) in [4.78, 5) is 20.7. The standard InChI is InChI=1S/C23H17F3N4O3/c1-11-9-10-14(32-3)17-18(11)33-21(28-17)15-12(2)27-20-16(13-7-5-4-6-8-13)19(23(24,25)26)29-30(20)22(15)31/h4-10,27H,1-3H3. The number of hydrogen-bond acceptors (Lipinski definition) is 5. The van der Waals surface area contributed by atoms with E-state index in [9.17, 15) is 18.0 Å². The summed E-state index contributed by atoms with van der Waals surface area (Å²) in [6, 6.07) is 11.5. The molecule has 2 aromatic carbocycles. The minimum Gasteiger partial charge on any atom is -0.494 e. The second-order valence-electron chi connectivity index (χ2n) is 7.56. The molecule has 0 aliphatic rings. The number of H-pyrrole nitrogens is 1. The lowest BCUT2D eigenvalue weighted by atomic mass is 10.1.